The van der Waals surface area contributed by atoms with Gasteiger partial charge in [0.2, 0.25) is 5.91 Å². The molecule has 0 saturated heterocycles. The average Bonchev–Trinajstić information content (AvgIpc) is 2.88. The molecule has 0 radical (unpaired) electrons. The van der Waals surface area contributed by atoms with Crippen LogP contribution in [0.3, 0.4) is 0 Å². The van der Waals surface area contributed by atoms with Crippen molar-refractivity contribution >= 4 is 23.2 Å². The van der Waals surface area contributed by atoms with Gasteiger partial charge in [0.15, 0.2) is 5.69 Å². The smallest absolute Gasteiger partial charge is 0.355 e. The fraction of sp³-hybridized carbons (Fsp3) is 0.231. The molecule has 0 aliphatic heterocycles. The van der Waals surface area contributed by atoms with E-state index in [1.165, 1.54) is 16.7 Å². The Balaban J connectivity index is 1.89. The monoisotopic (exact) mass is 291 g/mol. The van der Waals surface area contributed by atoms with E-state index in [1.807, 2.05) is 19.1 Å². The summed E-state index contributed by atoms with van der Waals surface area (Å²) in [6.45, 7) is 2.12. The summed E-state index contributed by atoms with van der Waals surface area (Å²) in [5, 5.41) is 13.5. The summed E-state index contributed by atoms with van der Waals surface area (Å²) in [5.74, 6) is -1.23. The van der Waals surface area contributed by atoms with Crippen LogP contribution in [0.4, 0.5) is 0 Å². The lowest BCUT2D eigenvalue weighted by Gasteiger charge is -2.05. The highest BCUT2D eigenvalue weighted by Crippen LogP contribution is 2.09. The van der Waals surface area contributed by atoms with Gasteiger partial charge >= 0.3 is 5.97 Å². The van der Waals surface area contributed by atoms with Gasteiger partial charge in [-0.15, -0.1) is 11.3 Å². The first-order chi connectivity index (χ1) is 9.56. The van der Waals surface area contributed by atoms with Crippen molar-refractivity contribution in [3.63, 3.8) is 0 Å². The Hall–Kier alpha value is -2.28. The number of carboxylic acids is 1. The molecular weight excluding hydrogens is 278 g/mol. The summed E-state index contributed by atoms with van der Waals surface area (Å²) in [7, 11) is 0. The fourth-order valence-corrected chi connectivity index (χ4v) is 2.29. The predicted molar refractivity (Wildman–Crippen MR) is 73.6 cm³/mol. The van der Waals surface area contributed by atoms with Crippen LogP contribution in [0.15, 0.2) is 23.7 Å². The number of aromatic nitrogens is 2. The van der Waals surface area contributed by atoms with Crippen LogP contribution < -0.4 is 5.32 Å². The van der Waals surface area contributed by atoms with Crippen molar-refractivity contribution in [1.29, 1.82) is 0 Å². The Kier molecular flexibility index (Phi) is 4.41. The molecule has 6 nitrogen and oxygen atoms in total. The molecule has 0 bridgehead atoms. The molecule has 2 heterocycles. The second-order valence-corrected chi connectivity index (χ2v) is 5.09. The second-order valence-electron chi connectivity index (χ2n) is 4.15. The SMILES string of the molecule is Cc1cccnc1CC(=O)NCc1nc(C(=O)O)cs1. The normalized spacial score (nSPS) is 10.2. The van der Waals surface area contributed by atoms with Crippen molar-refractivity contribution < 1.29 is 14.7 Å². The highest BCUT2D eigenvalue weighted by atomic mass is 32.1. The van der Waals surface area contributed by atoms with Crippen molar-refractivity contribution in [2.75, 3.05) is 0 Å². The van der Waals surface area contributed by atoms with Crippen LogP contribution in [0.25, 0.3) is 0 Å². The lowest BCUT2D eigenvalue weighted by atomic mass is 10.1. The van der Waals surface area contributed by atoms with Gasteiger partial charge in [-0.3, -0.25) is 9.78 Å². The Bertz CT molecular complexity index is 639. The maximum atomic E-state index is 11.8. The largest absolute Gasteiger partial charge is 0.476 e. The van der Waals surface area contributed by atoms with E-state index in [-0.39, 0.29) is 24.6 Å². The van der Waals surface area contributed by atoms with E-state index >= 15 is 0 Å². The maximum Gasteiger partial charge on any atom is 0.355 e. The minimum atomic E-state index is -1.07. The first-order valence-corrected chi connectivity index (χ1v) is 6.79. The quantitative estimate of drug-likeness (QED) is 0.868. The molecule has 1 amide bonds. The van der Waals surface area contributed by atoms with Gasteiger partial charge in [-0.25, -0.2) is 9.78 Å². The number of aromatic carboxylic acids is 1. The number of amides is 1. The maximum absolute atomic E-state index is 11.8. The van der Waals surface area contributed by atoms with E-state index in [9.17, 15) is 9.59 Å². The Morgan fingerprint density at radius 2 is 2.25 bits per heavy atom. The molecule has 104 valence electrons. The molecule has 0 fully saturated rings. The number of nitrogens with zero attached hydrogens (tertiary/aromatic N) is 2. The van der Waals surface area contributed by atoms with Gasteiger partial charge in [0.1, 0.15) is 5.01 Å². The summed E-state index contributed by atoms with van der Waals surface area (Å²) in [6, 6.07) is 3.72. The number of aryl methyl sites for hydroxylation is 1. The molecule has 0 aliphatic carbocycles. The van der Waals surface area contributed by atoms with E-state index in [0.29, 0.717) is 5.01 Å². The van der Waals surface area contributed by atoms with Crippen LogP contribution in [0, 0.1) is 6.92 Å². The van der Waals surface area contributed by atoms with Crippen LogP contribution in [0.2, 0.25) is 0 Å². The molecule has 0 aliphatic rings. The number of nitrogens with one attached hydrogen (secondary N) is 1. The number of rotatable bonds is 5. The molecule has 0 saturated carbocycles. The van der Waals surface area contributed by atoms with Crippen LogP contribution in [-0.2, 0) is 17.8 Å². The zero-order valence-corrected chi connectivity index (χ0v) is 11.6. The predicted octanol–water partition coefficient (Wildman–Crippen LogP) is 1.40. The van der Waals surface area contributed by atoms with E-state index in [0.717, 1.165) is 11.3 Å². The molecule has 0 spiro atoms. The summed E-state index contributed by atoms with van der Waals surface area (Å²) in [5.41, 5.74) is 1.69. The third-order valence-corrected chi connectivity index (χ3v) is 3.50. The molecular formula is C13H13N3O3S. The number of hydrogen-bond acceptors (Lipinski definition) is 5. The zero-order chi connectivity index (χ0) is 14.5. The van der Waals surface area contributed by atoms with E-state index < -0.39 is 5.97 Å². The van der Waals surface area contributed by atoms with E-state index in [4.69, 9.17) is 5.11 Å². The number of pyridine rings is 1. The molecule has 0 aromatic carbocycles. The van der Waals surface area contributed by atoms with Crippen LogP contribution in [0.1, 0.15) is 26.8 Å². The third kappa shape index (κ3) is 3.61. The van der Waals surface area contributed by atoms with Gasteiger partial charge in [-0.2, -0.15) is 0 Å². The number of hydrogen-bond donors (Lipinski definition) is 2. The van der Waals surface area contributed by atoms with Crippen LogP contribution in [0.5, 0.6) is 0 Å². The minimum Gasteiger partial charge on any atom is -0.476 e. The highest BCUT2D eigenvalue weighted by Gasteiger charge is 2.10. The zero-order valence-electron chi connectivity index (χ0n) is 10.8. The van der Waals surface area contributed by atoms with Crippen molar-refractivity contribution in [3.8, 4) is 0 Å². The van der Waals surface area contributed by atoms with E-state index in [1.54, 1.807) is 6.20 Å². The number of carboxylic acid groups (broad SMARTS) is 1. The van der Waals surface area contributed by atoms with Crippen LogP contribution in [-0.4, -0.2) is 27.0 Å². The first-order valence-electron chi connectivity index (χ1n) is 5.91. The van der Waals surface area contributed by atoms with Crippen LogP contribution >= 0.6 is 11.3 Å². The van der Waals surface area contributed by atoms with Gasteiger partial charge in [0.25, 0.3) is 0 Å². The number of carbonyl (C=O) groups excluding carboxylic acids is 1. The van der Waals surface area contributed by atoms with Gasteiger partial charge in [-0.05, 0) is 18.6 Å². The number of carbonyl (C=O) groups is 2. The van der Waals surface area contributed by atoms with Gasteiger partial charge in [-0.1, -0.05) is 6.07 Å². The molecule has 2 rings (SSSR count). The molecule has 0 atom stereocenters. The molecule has 2 aromatic heterocycles. The molecule has 20 heavy (non-hydrogen) atoms. The molecule has 7 heteroatoms. The van der Waals surface area contributed by atoms with Crippen molar-refractivity contribution in [2.24, 2.45) is 0 Å². The van der Waals surface area contributed by atoms with Crippen molar-refractivity contribution in [2.45, 2.75) is 19.9 Å². The van der Waals surface area contributed by atoms with Gasteiger partial charge in [0.05, 0.1) is 18.7 Å². The van der Waals surface area contributed by atoms with Crippen molar-refractivity contribution in [3.05, 3.63) is 45.7 Å². The minimum absolute atomic E-state index is 0.000167. The summed E-state index contributed by atoms with van der Waals surface area (Å²) in [6.07, 6.45) is 1.85. The molecule has 2 N–H and O–H groups in total. The lowest BCUT2D eigenvalue weighted by Crippen LogP contribution is -2.25. The highest BCUT2D eigenvalue weighted by molar-refractivity contribution is 7.09. The molecule has 2 aromatic rings. The van der Waals surface area contributed by atoms with Gasteiger partial charge < -0.3 is 10.4 Å². The summed E-state index contributed by atoms with van der Waals surface area (Å²) < 4.78 is 0. The molecule has 0 unspecified atom stereocenters. The third-order valence-electron chi connectivity index (χ3n) is 2.65. The Morgan fingerprint density at radius 1 is 1.45 bits per heavy atom. The second kappa shape index (κ2) is 6.25. The van der Waals surface area contributed by atoms with Gasteiger partial charge in [0, 0.05) is 11.6 Å². The lowest BCUT2D eigenvalue weighted by molar-refractivity contribution is -0.120. The fourth-order valence-electron chi connectivity index (χ4n) is 1.58. The summed E-state index contributed by atoms with van der Waals surface area (Å²) >= 11 is 1.21. The standard InChI is InChI=1S/C13H13N3O3S/c1-8-3-2-4-14-9(8)5-11(17)15-6-12-16-10(7-20-12)13(18)19/h2-4,7H,5-6H2,1H3,(H,15,17)(H,18,19). The topological polar surface area (TPSA) is 92.2 Å². The Labute approximate surface area is 119 Å². The Morgan fingerprint density at radius 3 is 2.90 bits per heavy atom. The summed E-state index contributed by atoms with van der Waals surface area (Å²) in [4.78, 5) is 30.5. The number of thiazole rings is 1. The van der Waals surface area contributed by atoms with E-state index in [2.05, 4.69) is 15.3 Å². The average molecular weight is 291 g/mol. The first kappa shape index (κ1) is 14.1. The van der Waals surface area contributed by atoms with Crippen molar-refractivity contribution in [1.82, 2.24) is 15.3 Å².